The van der Waals surface area contributed by atoms with Crippen LogP contribution in [0, 0.1) is 11.3 Å². The highest BCUT2D eigenvalue weighted by Crippen LogP contribution is 2.08. The summed E-state index contributed by atoms with van der Waals surface area (Å²) >= 11 is 0. The van der Waals surface area contributed by atoms with Crippen LogP contribution in [0.15, 0.2) is 16.5 Å². The van der Waals surface area contributed by atoms with Crippen LogP contribution in [0.4, 0.5) is 0 Å². The maximum absolute atomic E-state index is 10.9. The minimum Gasteiger partial charge on any atom is -0.443 e. The van der Waals surface area contributed by atoms with Crippen LogP contribution in [0.5, 0.6) is 0 Å². The average molecular weight is 149 g/mol. The molecule has 0 bridgehead atoms. The van der Waals surface area contributed by atoms with Gasteiger partial charge in [0, 0.05) is 6.42 Å². The fourth-order valence-electron chi connectivity index (χ4n) is 0.722. The maximum atomic E-state index is 10.9. The van der Waals surface area contributed by atoms with Gasteiger partial charge in [-0.25, -0.2) is 0 Å². The van der Waals surface area contributed by atoms with Crippen LogP contribution < -0.4 is 0 Å². The second kappa shape index (κ2) is 3.02. The number of carbonyl (C=O) groups excluding carboxylic acids is 1. The molecule has 0 unspecified atom stereocenters. The van der Waals surface area contributed by atoms with Crippen molar-refractivity contribution in [3.63, 3.8) is 0 Å². The van der Waals surface area contributed by atoms with E-state index in [1.165, 1.54) is 12.1 Å². The number of ketones is 1. The number of Topliss-reactive ketones (excluding diaryl/α,β-unsaturated/α-hetero) is 1. The van der Waals surface area contributed by atoms with Gasteiger partial charge < -0.3 is 4.42 Å². The molecule has 0 spiro atoms. The fraction of sp³-hybridized carbons (Fsp3) is 0.250. The first-order chi connectivity index (χ1) is 5.27. The summed E-state index contributed by atoms with van der Waals surface area (Å²) in [5.74, 6) is 0.373. The summed E-state index contributed by atoms with van der Waals surface area (Å²) in [6.07, 6.45) is 0.401. The molecule has 0 saturated carbocycles. The summed E-state index contributed by atoms with van der Waals surface area (Å²) in [7, 11) is 0. The smallest absolute Gasteiger partial charge is 0.204 e. The molecule has 1 aromatic rings. The molecule has 0 fully saturated rings. The summed E-state index contributed by atoms with van der Waals surface area (Å²) in [5.41, 5.74) is 0. The molecule has 0 aliphatic rings. The zero-order valence-corrected chi connectivity index (χ0v) is 6.13. The Kier molecular flexibility index (Phi) is 2.07. The SMILES string of the molecule is CCC(=O)c1ccc(C#N)o1. The van der Waals surface area contributed by atoms with Crippen molar-refractivity contribution < 1.29 is 9.21 Å². The van der Waals surface area contributed by atoms with Crippen LogP contribution in [0.3, 0.4) is 0 Å². The van der Waals surface area contributed by atoms with Crippen molar-refractivity contribution in [1.82, 2.24) is 0 Å². The highest BCUT2D eigenvalue weighted by Gasteiger charge is 2.07. The molecule has 1 heterocycles. The molecule has 11 heavy (non-hydrogen) atoms. The number of hydrogen-bond acceptors (Lipinski definition) is 3. The fourth-order valence-corrected chi connectivity index (χ4v) is 0.722. The lowest BCUT2D eigenvalue weighted by Crippen LogP contribution is -1.92. The number of carbonyl (C=O) groups is 1. The molecule has 0 saturated heterocycles. The maximum Gasteiger partial charge on any atom is 0.204 e. The second-order valence-corrected chi connectivity index (χ2v) is 2.05. The molecule has 0 aromatic carbocycles. The molecule has 56 valence electrons. The van der Waals surface area contributed by atoms with Crippen molar-refractivity contribution in [3.05, 3.63) is 23.7 Å². The molecule has 0 N–H and O–H groups in total. The van der Waals surface area contributed by atoms with Gasteiger partial charge in [0.15, 0.2) is 11.5 Å². The van der Waals surface area contributed by atoms with E-state index < -0.39 is 0 Å². The molecule has 0 aliphatic carbocycles. The predicted molar refractivity (Wildman–Crippen MR) is 38.0 cm³/mol. The largest absolute Gasteiger partial charge is 0.443 e. The Bertz CT molecular complexity index is 306. The quantitative estimate of drug-likeness (QED) is 0.602. The lowest BCUT2D eigenvalue weighted by atomic mass is 10.2. The minimum atomic E-state index is -0.0773. The van der Waals surface area contributed by atoms with Gasteiger partial charge in [-0.15, -0.1) is 0 Å². The number of nitriles is 1. The highest BCUT2D eigenvalue weighted by atomic mass is 16.3. The van der Waals surface area contributed by atoms with Crippen LogP contribution in [-0.4, -0.2) is 5.78 Å². The van der Waals surface area contributed by atoms with E-state index in [0.717, 1.165) is 0 Å². The van der Waals surface area contributed by atoms with Gasteiger partial charge in [-0.2, -0.15) is 5.26 Å². The molecule has 3 heteroatoms. The lowest BCUT2D eigenvalue weighted by Gasteiger charge is -1.87. The zero-order valence-electron chi connectivity index (χ0n) is 6.13. The van der Waals surface area contributed by atoms with E-state index in [-0.39, 0.29) is 17.3 Å². The van der Waals surface area contributed by atoms with Crippen molar-refractivity contribution in [1.29, 1.82) is 5.26 Å². The van der Waals surface area contributed by atoms with E-state index in [9.17, 15) is 4.79 Å². The number of hydrogen-bond donors (Lipinski definition) is 0. The third kappa shape index (κ3) is 1.47. The normalized spacial score (nSPS) is 9.09. The highest BCUT2D eigenvalue weighted by molar-refractivity contribution is 5.93. The third-order valence-electron chi connectivity index (χ3n) is 1.31. The van der Waals surface area contributed by atoms with Crippen LogP contribution in [0.1, 0.15) is 29.7 Å². The number of furan rings is 1. The summed E-state index contributed by atoms with van der Waals surface area (Å²) in [4.78, 5) is 10.9. The van der Waals surface area contributed by atoms with Crippen LogP contribution >= 0.6 is 0 Å². The average Bonchev–Trinajstić information content (AvgIpc) is 2.50. The second-order valence-electron chi connectivity index (χ2n) is 2.05. The van der Waals surface area contributed by atoms with Gasteiger partial charge >= 0.3 is 0 Å². The summed E-state index contributed by atoms with van der Waals surface area (Å²) in [6, 6.07) is 4.81. The van der Waals surface area contributed by atoms with Crippen molar-refractivity contribution in [2.45, 2.75) is 13.3 Å². The Balaban J connectivity index is 2.91. The van der Waals surface area contributed by atoms with Gasteiger partial charge in [0.05, 0.1) is 0 Å². The van der Waals surface area contributed by atoms with E-state index in [4.69, 9.17) is 9.68 Å². The van der Waals surface area contributed by atoms with Crippen molar-refractivity contribution in [2.24, 2.45) is 0 Å². The molecule has 0 atom stereocenters. The molecule has 0 radical (unpaired) electrons. The summed E-state index contributed by atoms with van der Waals surface area (Å²) in [5, 5.41) is 8.35. The topological polar surface area (TPSA) is 54.0 Å². The Labute approximate surface area is 64.2 Å². The van der Waals surface area contributed by atoms with E-state index in [2.05, 4.69) is 0 Å². The predicted octanol–water partition coefficient (Wildman–Crippen LogP) is 1.74. The molecule has 1 rings (SSSR count). The van der Waals surface area contributed by atoms with Crippen LogP contribution in [0.25, 0.3) is 0 Å². The zero-order chi connectivity index (χ0) is 8.27. The molecule has 0 aliphatic heterocycles. The lowest BCUT2D eigenvalue weighted by molar-refractivity contribution is 0.0961. The minimum absolute atomic E-state index is 0.0773. The standard InChI is InChI=1S/C8H7NO2/c1-2-7(10)8-4-3-6(5-9)11-8/h3-4H,2H2,1H3. The summed E-state index contributed by atoms with van der Waals surface area (Å²) in [6.45, 7) is 1.75. The van der Waals surface area contributed by atoms with Crippen molar-refractivity contribution in [3.8, 4) is 6.07 Å². The van der Waals surface area contributed by atoms with Crippen LogP contribution in [0.2, 0.25) is 0 Å². The monoisotopic (exact) mass is 149 g/mol. The van der Waals surface area contributed by atoms with Gasteiger partial charge in [0.25, 0.3) is 0 Å². The van der Waals surface area contributed by atoms with E-state index in [0.29, 0.717) is 6.42 Å². The van der Waals surface area contributed by atoms with Crippen molar-refractivity contribution >= 4 is 5.78 Å². The van der Waals surface area contributed by atoms with Gasteiger partial charge in [0.1, 0.15) is 6.07 Å². The first-order valence-corrected chi connectivity index (χ1v) is 3.31. The Morgan fingerprint density at radius 1 is 1.73 bits per heavy atom. The molecule has 3 nitrogen and oxygen atoms in total. The Morgan fingerprint density at radius 2 is 2.45 bits per heavy atom. The van der Waals surface area contributed by atoms with Gasteiger partial charge in [0.2, 0.25) is 5.76 Å². The number of nitrogens with zero attached hydrogens (tertiary/aromatic N) is 1. The number of rotatable bonds is 2. The van der Waals surface area contributed by atoms with E-state index in [1.807, 2.05) is 6.07 Å². The Hall–Kier alpha value is -1.56. The first-order valence-electron chi connectivity index (χ1n) is 3.31. The molecular formula is C8H7NO2. The third-order valence-corrected chi connectivity index (χ3v) is 1.31. The molecular weight excluding hydrogens is 142 g/mol. The molecule has 1 aromatic heterocycles. The van der Waals surface area contributed by atoms with Gasteiger partial charge in [-0.1, -0.05) is 6.92 Å². The molecule has 0 amide bonds. The Morgan fingerprint density at radius 3 is 2.91 bits per heavy atom. The first kappa shape index (κ1) is 7.55. The summed E-state index contributed by atoms with van der Waals surface area (Å²) < 4.78 is 4.87. The van der Waals surface area contributed by atoms with Gasteiger partial charge in [-0.05, 0) is 12.1 Å². The van der Waals surface area contributed by atoms with Crippen molar-refractivity contribution in [2.75, 3.05) is 0 Å². The van der Waals surface area contributed by atoms with Gasteiger partial charge in [-0.3, -0.25) is 4.79 Å². The van der Waals surface area contributed by atoms with E-state index >= 15 is 0 Å². The van der Waals surface area contributed by atoms with E-state index in [1.54, 1.807) is 6.92 Å². The van der Waals surface area contributed by atoms with Crippen LogP contribution in [-0.2, 0) is 0 Å².